The van der Waals surface area contributed by atoms with E-state index < -0.39 is 0 Å². The van der Waals surface area contributed by atoms with Crippen LogP contribution in [-0.4, -0.2) is 29.8 Å². The number of nitrogens with zero attached hydrogens (tertiary/aromatic N) is 1. The highest BCUT2D eigenvalue weighted by Crippen LogP contribution is 2.14. The fourth-order valence-electron chi connectivity index (χ4n) is 1.93. The lowest BCUT2D eigenvalue weighted by Crippen LogP contribution is -2.37. The van der Waals surface area contributed by atoms with Crippen molar-refractivity contribution in [2.75, 3.05) is 18.8 Å². The third kappa shape index (κ3) is 3.36. The first kappa shape index (κ1) is 10.4. The molecule has 0 aromatic carbocycles. The standard InChI is InChI=1S/C10H21NS/c1-10(6-5-9-12)11-7-3-2-4-8-11/h10,12H,2-9H2,1H3. The van der Waals surface area contributed by atoms with Gasteiger partial charge in [0.25, 0.3) is 0 Å². The van der Waals surface area contributed by atoms with E-state index in [1.165, 1.54) is 45.2 Å². The Kier molecular flexibility index (Phi) is 5.08. The number of thiol groups is 1. The zero-order valence-corrected chi connectivity index (χ0v) is 9.02. The van der Waals surface area contributed by atoms with Crippen LogP contribution in [0.25, 0.3) is 0 Å². The van der Waals surface area contributed by atoms with Crippen LogP contribution in [0.3, 0.4) is 0 Å². The van der Waals surface area contributed by atoms with Crippen LogP contribution in [0.4, 0.5) is 0 Å². The fraction of sp³-hybridized carbons (Fsp3) is 1.00. The number of rotatable bonds is 4. The Morgan fingerprint density at radius 2 is 1.92 bits per heavy atom. The molecule has 1 rings (SSSR count). The van der Waals surface area contributed by atoms with Gasteiger partial charge in [-0.3, -0.25) is 0 Å². The van der Waals surface area contributed by atoms with E-state index in [9.17, 15) is 0 Å². The molecule has 1 nitrogen and oxygen atoms in total. The van der Waals surface area contributed by atoms with Crippen molar-refractivity contribution in [3.05, 3.63) is 0 Å². The van der Waals surface area contributed by atoms with Crippen LogP contribution in [0.2, 0.25) is 0 Å². The molecule has 0 amide bonds. The average Bonchev–Trinajstić information content (AvgIpc) is 2.15. The highest BCUT2D eigenvalue weighted by molar-refractivity contribution is 7.80. The summed E-state index contributed by atoms with van der Waals surface area (Å²) in [5.74, 6) is 1.04. The summed E-state index contributed by atoms with van der Waals surface area (Å²) in [6.45, 7) is 5.01. The van der Waals surface area contributed by atoms with Gasteiger partial charge >= 0.3 is 0 Å². The molecule has 0 N–H and O–H groups in total. The SMILES string of the molecule is CC(CCCS)N1CCCCC1. The molecule has 2 heteroatoms. The average molecular weight is 187 g/mol. The second-order valence-electron chi connectivity index (χ2n) is 3.81. The molecule has 1 unspecified atom stereocenters. The van der Waals surface area contributed by atoms with Crippen molar-refractivity contribution in [2.45, 2.75) is 45.1 Å². The van der Waals surface area contributed by atoms with E-state index in [1.54, 1.807) is 0 Å². The van der Waals surface area contributed by atoms with E-state index in [-0.39, 0.29) is 0 Å². The van der Waals surface area contributed by atoms with E-state index in [2.05, 4.69) is 24.5 Å². The lowest BCUT2D eigenvalue weighted by atomic mass is 10.1. The van der Waals surface area contributed by atoms with Crippen LogP contribution in [0.1, 0.15) is 39.0 Å². The maximum atomic E-state index is 4.24. The van der Waals surface area contributed by atoms with Gasteiger partial charge in [0.2, 0.25) is 0 Å². The second-order valence-corrected chi connectivity index (χ2v) is 4.26. The van der Waals surface area contributed by atoms with Gasteiger partial charge in [0, 0.05) is 6.04 Å². The molecule has 12 heavy (non-hydrogen) atoms. The van der Waals surface area contributed by atoms with Gasteiger partial charge in [-0.25, -0.2) is 0 Å². The molecule has 0 aromatic heterocycles. The Hall–Kier alpha value is 0.310. The first-order chi connectivity index (χ1) is 5.84. The minimum Gasteiger partial charge on any atom is -0.301 e. The van der Waals surface area contributed by atoms with Crippen LogP contribution in [0, 0.1) is 0 Å². The van der Waals surface area contributed by atoms with E-state index in [4.69, 9.17) is 0 Å². The Bertz CT molecular complexity index is 110. The van der Waals surface area contributed by atoms with Crippen molar-refractivity contribution >= 4 is 12.6 Å². The Morgan fingerprint density at radius 1 is 1.25 bits per heavy atom. The van der Waals surface area contributed by atoms with Gasteiger partial charge < -0.3 is 4.90 Å². The Balaban J connectivity index is 2.15. The van der Waals surface area contributed by atoms with Gasteiger partial charge in [-0.05, 0) is 51.4 Å². The topological polar surface area (TPSA) is 3.24 Å². The Morgan fingerprint density at radius 3 is 2.50 bits per heavy atom. The van der Waals surface area contributed by atoms with Crippen molar-refractivity contribution in [1.29, 1.82) is 0 Å². The predicted molar refractivity (Wildman–Crippen MR) is 58.0 cm³/mol. The molecule has 1 fully saturated rings. The number of likely N-dealkylation sites (tertiary alicyclic amines) is 1. The van der Waals surface area contributed by atoms with Crippen molar-refractivity contribution in [1.82, 2.24) is 4.90 Å². The summed E-state index contributed by atoms with van der Waals surface area (Å²) in [4.78, 5) is 2.63. The molecular formula is C10H21NS. The molecule has 72 valence electrons. The van der Waals surface area contributed by atoms with E-state index in [0.29, 0.717) is 0 Å². The normalized spacial score (nSPS) is 22.5. The maximum absolute atomic E-state index is 4.24. The fourth-order valence-corrected chi connectivity index (χ4v) is 2.11. The molecule has 1 atom stereocenters. The molecule has 0 bridgehead atoms. The predicted octanol–water partition coefficient (Wildman–Crippen LogP) is 2.57. The zero-order chi connectivity index (χ0) is 8.81. The highest BCUT2D eigenvalue weighted by Gasteiger charge is 2.15. The van der Waals surface area contributed by atoms with Gasteiger partial charge in [-0.15, -0.1) is 0 Å². The highest BCUT2D eigenvalue weighted by atomic mass is 32.1. The van der Waals surface area contributed by atoms with Crippen LogP contribution >= 0.6 is 12.6 Å². The van der Waals surface area contributed by atoms with Gasteiger partial charge in [0.1, 0.15) is 0 Å². The summed E-state index contributed by atoms with van der Waals surface area (Å²) in [5.41, 5.74) is 0. The van der Waals surface area contributed by atoms with E-state index >= 15 is 0 Å². The summed E-state index contributed by atoms with van der Waals surface area (Å²) in [7, 11) is 0. The molecule has 0 radical (unpaired) electrons. The largest absolute Gasteiger partial charge is 0.301 e. The van der Waals surface area contributed by atoms with Crippen molar-refractivity contribution < 1.29 is 0 Å². The monoisotopic (exact) mass is 187 g/mol. The summed E-state index contributed by atoms with van der Waals surface area (Å²) in [5, 5.41) is 0. The number of hydrogen-bond donors (Lipinski definition) is 1. The molecule has 0 aromatic rings. The van der Waals surface area contributed by atoms with Crippen LogP contribution in [-0.2, 0) is 0 Å². The first-order valence-electron chi connectivity index (χ1n) is 5.19. The second kappa shape index (κ2) is 5.87. The van der Waals surface area contributed by atoms with Crippen LogP contribution in [0.5, 0.6) is 0 Å². The van der Waals surface area contributed by atoms with Crippen molar-refractivity contribution in [2.24, 2.45) is 0 Å². The molecule has 1 saturated heterocycles. The zero-order valence-electron chi connectivity index (χ0n) is 8.13. The van der Waals surface area contributed by atoms with Gasteiger partial charge in [0.05, 0.1) is 0 Å². The molecule has 1 heterocycles. The smallest absolute Gasteiger partial charge is 0.00672 e. The third-order valence-corrected chi connectivity index (χ3v) is 3.11. The van der Waals surface area contributed by atoms with E-state index in [1.807, 2.05) is 0 Å². The quantitative estimate of drug-likeness (QED) is 0.662. The summed E-state index contributed by atoms with van der Waals surface area (Å²) < 4.78 is 0. The number of piperidine rings is 1. The van der Waals surface area contributed by atoms with Crippen LogP contribution < -0.4 is 0 Å². The van der Waals surface area contributed by atoms with Crippen LogP contribution in [0.15, 0.2) is 0 Å². The minimum atomic E-state index is 0.789. The molecule has 0 saturated carbocycles. The summed E-state index contributed by atoms with van der Waals surface area (Å²) in [6.07, 6.45) is 6.84. The van der Waals surface area contributed by atoms with Crippen molar-refractivity contribution in [3.8, 4) is 0 Å². The molecular weight excluding hydrogens is 166 g/mol. The summed E-state index contributed by atoms with van der Waals surface area (Å²) in [6, 6.07) is 0.789. The number of hydrogen-bond acceptors (Lipinski definition) is 2. The van der Waals surface area contributed by atoms with E-state index in [0.717, 1.165) is 11.8 Å². The molecule has 1 aliphatic rings. The minimum absolute atomic E-state index is 0.789. The molecule has 0 spiro atoms. The van der Waals surface area contributed by atoms with Gasteiger partial charge in [-0.1, -0.05) is 6.42 Å². The van der Waals surface area contributed by atoms with Crippen molar-refractivity contribution in [3.63, 3.8) is 0 Å². The van der Waals surface area contributed by atoms with Gasteiger partial charge in [0.15, 0.2) is 0 Å². The lowest BCUT2D eigenvalue weighted by Gasteiger charge is -2.32. The third-order valence-electron chi connectivity index (χ3n) is 2.79. The molecule has 0 aliphatic carbocycles. The first-order valence-corrected chi connectivity index (χ1v) is 5.82. The Labute approximate surface area is 81.9 Å². The van der Waals surface area contributed by atoms with Gasteiger partial charge in [-0.2, -0.15) is 12.6 Å². The maximum Gasteiger partial charge on any atom is 0.00672 e. The molecule has 1 aliphatic heterocycles. The summed E-state index contributed by atoms with van der Waals surface area (Å²) >= 11 is 4.24. The lowest BCUT2D eigenvalue weighted by molar-refractivity contribution is 0.166.